The summed E-state index contributed by atoms with van der Waals surface area (Å²) in [4.78, 5) is 15.0. The van der Waals surface area contributed by atoms with Gasteiger partial charge >= 0.3 is 5.97 Å². The summed E-state index contributed by atoms with van der Waals surface area (Å²) in [6.07, 6.45) is 5.97. The van der Waals surface area contributed by atoms with Crippen LogP contribution in [-0.4, -0.2) is 24.1 Å². The van der Waals surface area contributed by atoms with Gasteiger partial charge in [-0.1, -0.05) is 30.3 Å². The van der Waals surface area contributed by atoms with Crippen LogP contribution in [0.15, 0.2) is 54.7 Å². The molecule has 28 heavy (non-hydrogen) atoms. The number of hydrogen-bond acceptors (Lipinski definition) is 4. The largest absolute Gasteiger partial charge is 0.494 e. The van der Waals surface area contributed by atoms with Crippen LogP contribution in [-0.2, 0) is 22.6 Å². The van der Waals surface area contributed by atoms with E-state index < -0.39 is 0 Å². The zero-order valence-electron chi connectivity index (χ0n) is 16.2. The number of nitrogens with two attached hydrogens (primary N) is 1. The van der Waals surface area contributed by atoms with Crippen LogP contribution in [0, 0.1) is 0 Å². The third kappa shape index (κ3) is 5.86. The van der Waals surface area contributed by atoms with Gasteiger partial charge in [0.25, 0.3) is 0 Å². The van der Waals surface area contributed by atoms with Crippen LogP contribution in [0.5, 0.6) is 5.75 Å². The lowest BCUT2D eigenvalue weighted by molar-refractivity contribution is -0.145. The second-order valence-electron chi connectivity index (χ2n) is 6.87. The van der Waals surface area contributed by atoms with Crippen molar-refractivity contribution in [3.63, 3.8) is 0 Å². The second kappa shape index (κ2) is 10.5. The molecule has 0 saturated carbocycles. The molecule has 0 aliphatic heterocycles. The number of H-pyrrole nitrogens is 1. The Balaban J connectivity index is 1.32. The number of benzene rings is 2. The fourth-order valence-corrected chi connectivity index (χ4v) is 3.16. The van der Waals surface area contributed by atoms with E-state index in [2.05, 4.69) is 11.1 Å². The Hall–Kier alpha value is -2.79. The molecule has 0 unspecified atom stereocenters. The summed E-state index contributed by atoms with van der Waals surface area (Å²) in [6, 6.07) is 15.8. The quantitative estimate of drug-likeness (QED) is 0.383. The number of carbonyl (C=O) groups is 1. The molecule has 0 atom stereocenters. The number of ether oxygens (including phenoxy) is 2. The summed E-state index contributed by atoms with van der Waals surface area (Å²) in [5, 5.41) is 1.17. The number of esters is 1. The summed E-state index contributed by atoms with van der Waals surface area (Å²) in [5.41, 5.74) is 9.00. The molecular formula is C23H28N2O3. The predicted molar refractivity (Wildman–Crippen MR) is 111 cm³/mol. The van der Waals surface area contributed by atoms with Gasteiger partial charge in [0.05, 0.1) is 6.61 Å². The number of fused-ring (bicyclic) bond motifs is 1. The lowest BCUT2D eigenvalue weighted by Gasteiger charge is -2.07. The Bertz CT molecular complexity index is 874. The van der Waals surface area contributed by atoms with Crippen LogP contribution < -0.4 is 10.5 Å². The van der Waals surface area contributed by atoms with Crippen LogP contribution in [0.25, 0.3) is 10.9 Å². The number of aromatic amines is 1. The van der Waals surface area contributed by atoms with E-state index in [1.807, 2.05) is 48.7 Å². The number of carbonyl (C=O) groups excluding carboxylic acids is 1. The fourth-order valence-electron chi connectivity index (χ4n) is 3.16. The van der Waals surface area contributed by atoms with Crippen molar-refractivity contribution in [2.45, 2.75) is 38.7 Å². The number of rotatable bonds is 11. The van der Waals surface area contributed by atoms with Gasteiger partial charge in [0.2, 0.25) is 0 Å². The van der Waals surface area contributed by atoms with Crippen LogP contribution in [0.3, 0.4) is 0 Å². The van der Waals surface area contributed by atoms with Crippen LogP contribution in [0.2, 0.25) is 0 Å². The smallest absolute Gasteiger partial charge is 0.306 e. The maximum atomic E-state index is 11.8. The third-order valence-electron chi connectivity index (χ3n) is 4.69. The lowest BCUT2D eigenvalue weighted by Crippen LogP contribution is -2.05. The minimum Gasteiger partial charge on any atom is -0.494 e. The van der Waals surface area contributed by atoms with Gasteiger partial charge in [-0.15, -0.1) is 0 Å². The monoisotopic (exact) mass is 380 g/mol. The minimum absolute atomic E-state index is 0.143. The number of nitrogens with one attached hydrogen (secondary N) is 1. The lowest BCUT2D eigenvalue weighted by atomic mass is 10.1. The van der Waals surface area contributed by atoms with Gasteiger partial charge in [-0.25, -0.2) is 0 Å². The summed E-state index contributed by atoms with van der Waals surface area (Å²) in [6.45, 7) is 1.61. The molecule has 0 spiro atoms. The SMILES string of the molecule is NCCc1c[nH]c2ccc(OCCCCCC(=O)OCc3ccccc3)cc12. The molecule has 0 saturated heterocycles. The zero-order chi connectivity index (χ0) is 19.6. The van der Waals surface area contributed by atoms with E-state index in [0.717, 1.165) is 42.5 Å². The first-order valence-electron chi connectivity index (χ1n) is 9.88. The molecule has 3 aromatic rings. The highest BCUT2D eigenvalue weighted by Crippen LogP contribution is 2.24. The van der Waals surface area contributed by atoms with Crippen LogP contribution in [0.4, 0.5) is 0 Å². The first-order chi connectivity index (χ1) is 13.8. The predicted octanol–water partition coefficient (Wildman–Crippen LogP) is 4.35. The Kier molecular flexibility index (Phi) is 7.50. The number of hydrogen-bond donors (Lipinski definition) is 2. The molecule has 3 N–H and O–H groups in total. The summed E-state index contributed by atoms with van der Waals surface area (Å²) < 4.78 is 11.2. The Morgan fingerprint density at radius 2 is 1.89 bits per heavy atom. The first-order valence-corrected chi connectivity index (χ1v) is 9.88. The van der Waals surface area contributed by atoms with Crippen molar-refractivity contribution in [2.24, 2.45) is 5.73 Å². The normalized spacial score (nSPS) is 10.9. The van der Waals surface area contributed by atoms with Crippen LogP contribution in [0.1, 0.15) is 36.8 Å². The van der Waals surface area contributed by atoms with Crippen molar-refractivity contribution in [3.8, 4) is 5.75 Å². The standard InChI is InChI=1S/C23H28N2O3/c24-13-12-19-16-25-22-11-10-20(15-21(19)22)27-14-6-2-5-9-23(26)28-17-18-7-3-1-4-8-18/h1,3-4,7-8,10-11,15-16,25H,2,5-6,9,12-14,17,24H2. The highest BCUT2D eigenvalue weighted by Gasteiger charge is 2.06. The van der Waals surface area contributed by atoms with Gasteiger partial charge in [-0.05, 0) is 61.6 Å². The van der Waals surface area contributed by atoms with Crippen molar-refractivity contribution in [1.29, 1.82) is 0 Å². The molecule has 0 fully saturated rings. The van der Waals surface area contributed by atoms with E-state index in [9.17, 15) is 4.79 Å². The average molecular weight is 380 g/mol. The van der Waals surface area contributed by atoms with E-state index in [0.29, 0.717) is 26.2 Å². The molecule has 2 aromatic carbocycles. The first kappa shape index (κ1) is 20.0. The zero-order valence-corrected chi connectivity index (χ0v) is 16.2. The fraction of sp³-hybridized carbons (Fsp3) is 0.348. The Morgan fingerprint density at radius 3 is 2.71 bits per heavy atom. The van der Waals surface area contributed by atoms with Gasteiger partial charge in [0.1, 0.15) is 12.4 Å². The van der Waals surface area contributed by atoms with Crippen molar-refractivity contribution in [3.05, 3.63) is 65.9 Å². The molecule has 0 aliphatic rings. The average Bonchev–Trinajstić information content (AvgIpc) is 3.12. The van der Waals surface area contributed by atoms with Crippen molar-refractivity contribution >= 4 is 16.9 Å². The van der Waals surface area contributed by atoms with Gasteiger partial charge in [-0.3, -0.25) is 4.79 Å². The third-order valence-corrected chi connectivity index (χ3v) is 4.69. The molecule has 148 valence electrons. The Morgan fingerprint density at radius 1 is 1.04 bits per heavy atom. The number of unbranched alkanes of at least 4 members (excludes halogenated alkanes) is 2. The number of aromatic nitrogens is 1. The van der Waals surface area contributed by atoms with E-state index in [4.69, 9.17) is 15.2 Å². The molecule has 1 aromatic heterocycles. The molecule has 1 heterocycles. The second-order valence-corrected chi connectivity index (χ2v) is 6.87. The van der Waals surface area contributed by atoms with E-state index in [1.54, 1.807) is 0 Å². The molecule has 5 nitrogen and oxygen atoms in total. The molecule has 3 rings (SSSR count). The maximum Gasteiger partial charge on any atom is 0.306 e. The summed E-state index contributed by atoms with van der Waals surface area (Å²) in [5.74, 6) is 0.725. The van der Waals surface area contributed by atoms with Gasteiger partial charge < -0.3 is 20.2 Å². The Labute approximate surface area is 165 Å². The van der Waals surface area contributed by atoms with E-state index in [1.165, 1.54) is 10.9 Å². The van der Waals surface area contributed by atoms with E-state index in [-0.39, 0.29) is 5.97 Å². The summed E-state index contributed by atoms with van der Waals surface area (Å²) in [7, 11) is 0. The maximum absolute atomic E-state index is 11.8. The molecule has 0 aliphatic carbocycles. The van der Waals surface area contributed by atoms with Crippen molar-refractivity contribution in [1.82, 2.24) is 4.98 Å². The summed E-state index contributed by atoms with van der Waals surface area (Å²) >= 11 is 0. The molecular weight excluding hydrogens is 352 g/mol. The van der Waals surface area contributed by atoms with Crippen LogP contribution >= 0.6 is 0 Å². The van der Waals surface area contributed by atoms with Crippen molar-refractivity contribution in [2.75, 3.05) is 13.2 Å². The molecule has 0 amide bonds. The highest BCUT2D eigenvalue weighted by atomic mass is 16.5. The van der Waals surface area contributed by atoms with E-state index >= 15 is 0 Å². The topological polar surface area (TPSA) is 77.3 Å². The van der Waals surface area contributed by atoms with Gasteiger partial charge in [-0.2, -0.15) is 0 Å². The minimum atomic E-state index is -0.143. The van der Waals surface area contributed by atoms with Crippen molar-refractivity contribution < 1.29 is 14.3 Å². The molecule has 0 radical (unpaired) electrons. The molecule has 5 heteroatoms. The van der Waals surface area contributed by atoms with Gasteiger partial charge in [0.15, 0.2) is 0 Å². The van der Waals surface area contributed by atoms with Gasteiger partial charge in [0, 0.05) is 23.5 Å². The highest BCUT2D eigenvalue weighted by molar-refractivity contribution is 5.84. The molecule has 0 bridgehead atoms.